The zero-order valence-electron chi connectivity index (χ0n) is 18.0. The van der Waals surface area contributed by atoms with E-state index < -0.39 is 11.2 Å². The van der Waals surface area contributed by atoms with Gasteiger partial charge in [-0.25, -0.2) is 4.79 Å². The van der Waals surface area contributed by atoms with E-state index in [9.17, 15) is 14.7 Å². The van der Waals surface area contributed by atoms with Crippen molar-refractivity contribution in [3.63, 3.8) is 0 Å². The van der Waals surface area contributed by atoms with Crippen LogP contribution in [0.4, 0.5) is 0 Å². The first-order valence-electron chi connectivity index (χ1n) is 9.93. The van der Waals surface area contributed by atoms with Crippen LogP contribution in [0.25, 0.3) is 28.2 Å². The van der Waals surface area contributed by atoms with Crippen molar-refractivity contribution in [2.75, 3.05) is 20.8 Å². The van der Waals surface area contributed by atoms with Crippen LogP contribution in [0.5, 0.6) is 11.5 Å². The van der Waals surface area contributed by atoms with Crippen molar-refractivity contribution >= 4 is 16.9 Å². The van der Waals surface area contributed by atoms with Crippen LogP contribution in [0.15, 0.2) is 34.0 Å². The van der Waals surface area contributed by atoms with Gasteiger partial charge < -0.3 is 19.1 Å². The normalized spacial score (nSPS) is 11.5. The number of aromatic nitrogens is 5. The second kappa shape index (κ2) is 7.95. The molecule has 0 aliphatic rings. The Balaban J connectivity index is 2.02. The molecule has 0 saturated heterocycles. The zero-order chi connectivity index (χ0) is 22.3. The monoisotopic (exact) mass is 427 g/mol. The van der Waals surface area contributed by atoms with Crippen molar-refractivity contribution in [2.45, 2.75) is 19.4 Å². The highest BCUT2D eigenvalue weighted by Crippen LogP contribution is 2.34. The Labute approximate surface area is 177 Å². The number of hydrogen-bond donors (Lipinski definition) is 1. The quantitative estimate of drug-likeness (QED) is 0.444. The molecule has 164 valence electrons. The van der Waals surface area contributed by atoms with E-state index in [0.29, 0.717) is 41.4 Å². The second-order valence-corrected chi connectivity index (χ2v) is 7.33. The van der Waals surface area contributed by atoms with Gasteiger partial charge in [-0.2, -0.15) is 4.98 Å². The first-order valence-corrected chi connectivity index (χ1v) is 9.93. The first kappa shape index (κ1) is 20.7. The van der Waals surface area contributed by atoms with Crippen LogP contribution in [-0.2, 0) is 20.6 Å². The molecule has 31 heavy (non-hydrogen) atoms. The van der Waals surface area contributed by atoms with Gasteiger partial charge in [0.05, 0.1) is 19.9 Å². The van der Waals surface area contributed by atoms with Gasteiger partial charge >= 0.3 is 5.69 Å². The Bertz CT molecular complexity index is 1390. The van der Waals surface area contributed by atoms with Crippen molar-refractivity contribution in [3.8, 4) is 22.8 Å². The molecule has 0 unspecified atom stereocenters. The molecule has 10 nitrogen and oxygen atoms in total. The molecule has 0 fully saturated rings. The fourth-order valence-corrected chi connectivity index (χ4v) is 3.84. The lowest BCUT2D eigenvalue weighted by Crippen LogP contribution is -2.37. The Kier molecular flexibility index (Phi) is 5.32. The second-order valence-electron chi connectivity index (χ2n) is 7.33. The summed E-state index contributed by atoms with van der Waals surface area (Å²) in [5.41, 5.74) is 1.53. The minimum absolute atomic E-state index is 0.0920. The van der Waals surface area contributed by atoms with Gasteiger partial charge in [-0.05, 0) is 31.0 Å². The summed E-state index contributed by atoms with van der Waals surface area (Å²) in [5, 5.41) is 9.23. The van der Waals surface area contributed by atoms with Crippen molar-refractivity contribution in [1.82, 2.24) is 23.1 Å². The Morgan fingerprint density at radius 1 is 1.03 bits per heavy atom. The smallest absolute Gasteiger partial charge is 0.332 e. The molecule has 4 aromatic rings. The maximum absolute atomic E-state index is 12.9. The van der Waals surface area contributed by atoms with E-state index in [1.807, 2.05) is 29.0 Å². The van der Waals surface area contributed by atoms with Gasteiger partial charge in [-0.15, -0.1) is 0 Å². The van der Waals surface area contributed by atoms with E-state index in [0.717, 1.165) is 22.2 Å². The summed E-state index contributed by atoms with van der Waals surface area (Å²) < 4.78 is 16.9. The van der Waals surface area contributed by atoms with Gasteiger partial charge in [0.15, 0.2) is 22.7 Å². The van der Waals surface area contributed by atoms with Crippen LogP contribution in [-0.4, -0.2) is 49.0 Å². The summed E-state index contributed by atoms with van der Waals surface area (Å²) in [6, 6.07) is 5.60. The number of aliphatic hydroxyl groups excluding tert-OH is 1. The van der Waals surface area contributed by atoms with E-state index in [4.69, 9.17) is 9.47 Å². The Morgan fingerprint density at radius 2 is 1.77 bits per heavy atom. The van der Waals surface area contributed by atoms with Crippen LogP contribution in [0, 0.1) is 0 Å². The largest absolute Gasteiger partial charge is 0.493 e. The number of unbranched alkanes of at least 4 members (excludes halogenated alkanes) is 1. The fraction of sp³-hybridized carbons (Fsp3) is 0.381. The Hall–Kier alpha value is -3.53. The van der Waals surface area contributed by atoms with E-state index >= 15 is 0 Å². The van der Waals surface area contributed by atoms with E-state index in [2.05, 4.69) is 4.98 Å². The van der Waals surface area contributed by atoms with Crippen LogP contribution < -0.4 is 20.7 Å². The molecule has 10 heteroatoms. The molecule has 0 saturated carbocycles. The van der Waals surface area contributed by atoms with Crippen LogP contribution in [0.2, 0.25) is 0 Å². The van der Waals surface area contributed by atoms with Crippen molar-refractivity contribution < 1.29 is 14.6 Å². The molecule has 0 amide bonds. The predicted molar refractivity (Wildman–Crippen MR) is 116 cm³/mol. The Morgan fingerprint density at radius 3 is 2.45 bits per heavy atom. The van der Waals surface area contributed by atoms with E-state index in [1.54, 1.807) is 25.7 Å². The number of benzene rings is 1. The number of imidazole rings is 2. The summed E-state index contributed by atoms with van der Waals surface area (Å²) in [6.45, 7) is 0.674. The topological polar surface area (TPSA) is 105 Å². The van der Waals surface area contributed by atoms with Crippen molar-refractivity contribution in [3.05, 3.63) is 45.2 Å². The van der Waals surface area contributed by atoms with Gasteiger partial charge in [-0.3, -0.25) is 18.3 Å². The third kappa shape index (κ3) is 3.19. The summed E-state index contributed by atoms with van der Waals surface area (Å²) in [4.78, 5) is 29.9. The molecule has 3 heterocycles. The molecule has 0 radical (unpaired) electrons. The lowest BCUT2D eigenvalue weighted by atomic mass is 10.1. The predicted octanol–water partition coefficient (Wildman–Crippen LogP) is 1.14. The lowest BCUT2D eigenvalue weighted by Gasteiger charge is -2.12. The first-order chi connectivity index (χ1) is 14.9. The highest BCUT2D eigenvalue weighted by molar-refractivity contribution is 5.78. The average molecular weight is 427 g/mol. The zero-order valence-corrected chi connectivity index (χ0v) is 18.0. The maximum Gasteiger partial charge on any atom is 0.332 e. The molecule has 0 aliphatic carbocycles. The summed E-state index contributed by atoms with van der Waals surface area (Å²) >= 11 is 0. The van der Waals surface area contributed by atoms with Crippen molar-refractivity contribution in [2.24, 2.45) is 14.1 Å². The number of nitrogens with zero attached hydrogens (tertiary/aromatic N) is 5. The summed E-state index contributed by atoms with van der Waals surface area (Å²) in [6.07, 6.45) is 3.20. The molecule has 1 N–H and O–H groups in total. The number of hydrogen-bond acceptors (Lipinski definition) is 6. The molecular formula is C21H25N5O5. The third-order valence-electron chi connectivity index (χ3n) is 5.53. The van der Waals surface area contributed by atoms with Crippen molar-refractivity contribution in [1.29, 1.82) is 0 Å². The molecule has 0 spiro atoms. The van der Waals surface area contributed by atoms with Gasteiger partial charge in [0, 0.05) is 39.0 Å². The number of aliphatic hydroxyl groups is 1. The molecule has 3 aromatic heterocycles. The molecule has 1 aromatic carbocycles. The van der Waals surface area contributed by atoms with Crippen LogP contribution in [0.1, 0.15) is 12.8 Å². The number of rotatable bonds is 7. The molecule has 0 aliphatic heterocycles. The van der Waals surface area contributed by atoms with E-state index in [-0.39, 0.29) is 6.61 Å². The molecule has 0 bridgehead atoms. The SMILES string of the molecule is COc1ccc(-c2cn3c4c(=O)n(C)c(=O)n(C)c4nc3n2CCCCO)cc1OC. The molecule has 4 rings (SSSR count). The van der Waals surface area contributed by atoms with E-state index in [1.165, 1.54) is 11.6 Å². The number of ether oxygens (including phenoxy) is 2. The van der Waals surface area contributed by atoms with Gasteiger partial charge in [0.25, 0.3) is 5.56 Å². The fourth-order valence-electron chi connectivity index (χ4n) is 3.84. The molecule has 0 atom stereocenters. The van der Waals surface area contributed by atoms with Gasteiger partial charge in [0.1, 0.15) is 0 Å². The molecular weight excluding hydrogens is 402 g/mol. The number of aryl methyl sites for hydroxylation is 2. The third-order valence-corrected chi connectivity index (χ3v) is 5.53. The minimum Gasteiger partial charge on any atom is -0.493 e. The van der Waals surface area contributed by atoms with Gasteiger partial charge in [0.2, 0.25) is 5.78 Å². The summed E-state index contributed by atoms with van der Waals surface area (Å²) in [5.74, 6) is 1.75. The van der Waals surface area contributed by atoms with Crippen LogP contribution >= 0.6 is 0 Å². The number of methoxy groups -OCH3 is 2. The number of fused-ring (bicyclic) bond motifs is 3. The maximum atomic E-state index is 12.9. The average Bonchev–Trinajstić information content (AvgIpc) is 3.32. The van der Waals surface area contributed by atoms with Gasteiger partial charge in [-0.1, -0.05) is 0 Å². The highest BCUT2D eigenvalue weighted by Gasteiger charge is 2.21. The van der Waals surface area contributed by atoms with Crippen LogP contribution in [0.3, 0.4) is 0 Å². The minimum atomic E-state index is -0.426. The standard InChI is InChI=1S/C21H25N5O5/c1-23-18-17(19(28)24(2)21(23)29)26-12-14(25(20(26)22-18)9-5-6-10-27)13-7-8-15(30-3)16(11-13)31-4/h7-8,11-12,27H,5-6,9-10H2,1-4H3. The highest BCUT2D eigenvalue weighted by atomic mass is 16.5. The lowest BCUT2D eigenvalue weighted by molar-refractivity contribution is 0.281. The summed E-state index contributed by atoms with van der Waals surface area (Å²) in [7, 11) is 6.21.